The summed E-state index contributed by atoms with van der Waals surface area (Å²) < 4.78 is 12.7. The SMILES string of the molecule is COc1ccc(CCn2c(SCc3cccnc3)nc3sc4c(c3c2=O)CCC4)cc1OC. The lowest BCUT2D eigenvalue weighted by Gasteiger charge is -2.14. The molecule has 0 amide bonds. The lowest BCUT2D eigenvalue weighted by molar-refractivity contribution is 0.354. The van der Waals surface area contributed by atoms with Crippen LogP contribution in [0.5, 0.6) is 11.5 Å². The van der Waals surface area contributed by atoms with Gasteiger partial charge in [-0.2, -0.15) is 0 Å². The minimum absolute atomic E-state index is 0.0774. The van der Waals surface area contributed by atoms with E-state index in [1.165, 1.54) is 10.4 Å². The Morgan fingerprint density at radius 1 is 1.12 bits per heavy atom. The summed E-state index contributed by atoms with van der Waals surface area (Å²) in [5, 5.41) is 1.59. The van der Waals surface area contributed by atoms with Crippen LogP contribution in [0.3, 0.4) is 0 Å². The van der Waals surface area contributed by atoms with E-state index < -0.39 is 0 Å². The smallest absolute Gasteiger partial charge is 0.263 e. The lowest BCUT2D eigenvalue weighted by atomic mass is 10.1. The molecule has 1 aliphatic rings. The van der Waals surface area contributed by atoms with Crippen molar-refractivity contribution in [2.24, 2.45) is 0 Å². The molecule has 4 aromatic rings. The van der Waals surface area contributed by atoms with Gasteiger partial charge in [0.15, 0.2) is 16.7 Å². The molecule has 0 spiro atoms. The summed E-state index contributed by atoms with van der Waals surface area (Å²) in [5.41, 5.74) is 3.49. The van der Waals surface area contributed by atoms with Crippen LogP contribution in [0.4, 0.5) is 0 Å². The van der Waals surface area contributed by atoms with Crippen LogP contribution in [0.15, 0.2) is 52.7 Å². The molecule has 1 aromatic carbocycles. The van der Waals surface area contributed by atoms with E-state index in [-0.39, 0.29) is 5.56 Å². The Balaban J connectivity index is 1.49. The zero-order chi connectivity index (χ0) is 22.8. The minimum atomic E-state index is 0.0774. The Kier molecular flexibility index (Phi) is 6.37. The molecule has 0 atom stereocenters. The topological polar surface area (TPSA) is 66.2 Å². The summed E-state index contributed by atoms with van der Waals surface area (Å²) in [5.74, 6) is 2.11. The fourth-order valence-electron chi connectivity index (χ4n) is 4.27. The third kappa shape index (κ3) is 4.37. The highest BCUT2D eigenvalue weighted by atomic mass is 32.2. The first kappa shape index (κ1) is 22.0. The first-order valence-electron chi connectivity index (χ1n) is 11.0. The second-order valence-corrected chi connectivity index (χ2v) is 10.0. The van der Waals surface area contributed by atoms with Crippen LogP contribution < -0.4 is 15.0 Å². The van der Waals surface area contributed by atoms with Crippen molar-refractivity contribution in [2.75, 3.05) is 14.2 Å². The molecule has 8 heteroatoms. The van der Waals surface area contributed by atoms with Crippen LogP contribution in [-0.4, -0.2) is 28.8 Å². The van der Waals surface area contributed by atoms with Crippen molar-refractivity contribution in [1.82, 2.24) is 14.5 Å². The van der Waals surface area contributed by atoms with Crippen molar-refractivity contribution in [3.8, 4) is 11.5 Å². The van der Waals surface area contributed by atoms with E-state index in [1.54, 1.807) is 43.5 Å². The molecule has 33 heavy (non-hydrogen) atoms. The lowest BCUT2D eigenvalue weighted by Crippen LogP contribution is -2.24. The van der Waals surface area contributed by atoms with E-state index in [1.807, 2.05) is 41.1 Å². The fraction of sp³-hybridized carbons (Fsp3) is 0.320. The third-order valence-corrected chi connectivity index (χ3v) is 8.19. The van der Waals surface area contributed by atoms with Gasteiger partial charge in [-0.15, -0.1) is 11.3 Å². The summed E-state index contributed by atoms with van der Waals surface area (Å²) in [6.07, 6.45) is 7.48. The van der Waals surface area contributed by atoms with E-state index in [0.29, 0.717) is 30.2 Å². The molecular formula is C25H25N3O3S2. The van der Waals surface area contributed by atoms with Crippen LogP contribution in [0.25, 0.3) is 10.2 Å². The van der Waals surface area contributed by atoms with Gasteiger partial charge in [0.1, 0.15) is 4.83 Å². The Labute approximate surface area is 200 Å². The summed E-state index contributed by atoms with van der Waals surface area (Å²) in [6.45, 7) is 0.553. The number of aryl methyl sites for hydroxylation is 3. The number of methoxy groups -OCH3 is 2. The Morgan fingerprint density at radius 3 is 2.79 bits per heavy atom. The zero-order valence-corrected chi connectivity index (χ0v) is 20.3. The summed E-state index contributed by atoms with van der Waals surface area (Å²) >= 11 is 3.28. The first-order chi connectivity index (χ1) is 16.2. The fourth-order valence-corrected chi connectivity index (χ4v) is 6.54. The Hall–Kier alpha value is -2.84. The molecule has 0 unspecified atom stereocenters. The summed E-state index contributed by atoms with van der Waals surface area (Å²) in [6, 6.07) is 9.87. The van der Waals surface area contributed by atoms with Gasteiger partial charge in [0.05, 0.1) is 19.6 Å². The van der Waals surface area contributed by atoms with Crippen molar-refractivity contribution >= 4 is 33.3 Å². The molecule has 0 radical (unpaired) electrons. The number of thiophene rings is 1. The van der Waals surface area contributed by atoms with Gasteiger partial charge in [-0.25, -0.2) is 4.98 Å². The van der Waals surface area contributed by atoms with E-state index in [0.717, 1.165) is 45.8 Å². The summed E-state index contributed by atoms with van der Waals surface area (Å²) in [4.78, 5) is 25.1. The molecule has 1 aliphatic carbocycles. The molecule has 0 bridgehead atoms. The third-order valence-electron chi connectivity index (χ3n) is 5.95. The average Bonchev–Trinajstić information content (AvgIpc) is 3.43. The molecule has 170 valence electrons. The highest BCUT2D eigenvalue weighted by Crippen LogP contribution is 2.36. The number of pyridine rings is 1. The molecule has 3 aromatic heterocycles. The second-order valence-electron chi connectivity index (χ2n) is 7.98. The molecule has 0 fully saturated rings. The molecule has 5 rings (SSSR count). The van der Waals surface area contributed by atoms with Gasteiger partial charge in [-0.3, -0.25) is 14.3 Å². The number of aromatic nitrogens is 3. The minimum Gasteiger partial charge on any atom is -0.493 e. The normalized spacial score (nSPS) is 12.8. The number of hydrogen-bond acceptors (Lipinski definition) is 7. The van der Waals surface area contributed by atoms with Crippen molar-refractivity contribution in [3.05, 3.63) is 74.6 Å². The van der Waals surface area contributed by atoms with Gasteiger partial charge in [-0.05, 0) is 60.6 Å². The Bertz CT molecular complexity index is 1350. The first-order valence-corrected chi connectivity index (χ1v) is 12.8. The van der Waals surface area contributed by atoms with Gasteiger partial charge in [0.2, 0.25) is 0 Å². The highest BCUT2D eigenvalue weighted by Gasteiger charge is 2.23. The van der Waals surface area contributed by atoms with E-state index in [9.17, 15) is 4.79 Å². The van der Waals surface area contributed by atoms with Crippen molar-refractivity contribution in [3.63, 3.8) is 0 Å². The van der Waals surface area contributed by atoms with Gasteiger partial charge in [0.25, 0.3) is 5.56 Å². The monoisotopic (exact) mass is 479 g/mol. The quantitative estimate of drug-likeness (QED) is 0.265. The van der Waals surface area contributed by atoms with Crippen molar-refractivity contribution in [2.45, 2.75) is 43.1 Å². The molecule has 0 N–H and O–H groups in total. The molecule has 6 nitrogen and oxygen atoms in total. The number of nitrogens with zero attached hydrogens (tertiary/aromatic N) is 3. The summed E-state index contributed by atoms with van der Waals surface area (Å²) in [7, 11) is 3.26. The molecular weight excluding hydrogens is 454 g/mol. The zero-order valence-electron chi connectivity index (χ0n) is 18.7. The van der Waals surface area contributed by atoms with E-state index in [4.69, 9.17) is 14.5 Å². The highest BCUT2D eigenvalue weighted by molar-refractivity contribution is 7.98. The number of fused-ring (bicyclic) bond motifs is 3. The number of hydrogen-bond donors (Lipinski definition) is 0. The van der Waals surface area contributed by atoms with Crippen LogP contribution >= 0.6 is 23.1 Å². The molecule has 0 saturated carbocycles. The van der Waals surface area contributed by atoms with E-state index >= 15 is 0 Å². The van der Waals surface area contributed by atoms with Crippen LogP contribution in [0.1, 0.15) is 28.0 Å². The van der Waals surface area contributed by atoms with Gasteiger partial charge in [-0.1, -0.05) is 23.9 Å². The maximum atomic E-state index is 13.7. The van der Waals surface area contributed by atoms with Crippen molar-refractivity contribution in [1.29, 1.82) is 0 Å². The van der Waals surface area contributed by atoms with Crippen LogP contribution in [0, 0.1) is 0 Å². The predicted molar refractivity (Wildman–Crippen MR) is 133 cm³/mol. The molecule has 0 aliphatic heterocycles. The predicted octanol–water partition coefficient (Wildman–Crippen LogP) is 4.89. The van der Waals surface area contributed by atoms with Gasteiger partial charge < -0.3 is 9.47 Å². The van der Waals surface area contributed by atoms with E-state index in [2.05, 4.69) is 4.98 Å². The van der Waals surface area contributed by atoms with Crippen LogP contribution in [0.2, 0.25) is 0 Å². The maximum absolute atomic E-state index is 13.7. The van der Waals surface area contributed by atoms with Crippen LogP contribution in [-0.2, 0) is 31.6 Å². The van der Waals surface area contributed by atoms with Crippen molar-refractivity contribution < 1.29 is 9.47 Å². The molecule has 0 saturated heterocycles. The number of ether oxygens (including phenoxy) is 2. The largest absolute Gasteiger partial charge is 0.493 e. The number of benzene rings is 1. The van der Waals surface area contributed by atoms with Gasteiger partial charge >= 0.3 is 0 Å². The second kappa shape index (κ2) is 9.57. The Morgan fingerprint density at radius 2 is 2.00 bits per heavy atom. The average molecular weight is 480 g/mol. The van der Waals surface area contributed by atoms with Gasteiger partial charge in [0, 0.05) is 29.6 Å². The standard InChI is InChI=1S/C25H25N3O3S2/c1-30-19-9-8-16(13-20(19)31-2)10-12-28-24(29)22-18-6-3-7-21(18)33-23(22)27-25(28)32-15-17-5-4-11-26-14-17/h4-5,8-9,11,13-14H,3,6-7,10,12,15H2,1-2H3. The molecule has 3 heterocycles. The number of thioether (sulfide) groups is 1. The number of rotatable bonds is 8. The maximum Gasteiger partial charge on any atom is 0.263 e.